The maximum absolute atomic E-state index is 2.29. The van der Waals surface area contributed by atoms with Gasteiger partial charge in [0.25, 0.3) is 0 Å². The fraction of sp³-hybridized carbons (Fsp3) is 1.00. The quantitative estimate of drug-likeness (QED) is 0.380. The van der Waals surface area contributed by atoms with Gasteiger partial charge in [0, 0.05) is 0 Å². The van der Waals surface area contributed by atoms with Gasteiger partial charge in [0.05, 0.1) is 0 Å². The molecule has 0 aliphatic heterocycles. The lowest BCUT2D eigenvalue weighted by Crippen LogP contribution is -1.92. The van der Waals surface area contributed by atoms with E-state index in [9.17, 15) is 0 Å². The van der Waals surface area contributed by atoms with Gasteiger partial charge < -0.3 is 0 Å². The van der Waals surface area contributed by atoms with E-state index >= 15 is 0 Å². The van der Waals surface area contributed by atoms with Crippen molar-refractivity contribution in [2.24, 2.45) is 5.92 Å². The predicted octanol–water partition coefficient (Wildman–Crippen LogP) is 7.66. The SMILES string of the molecule is C1CCCC1.CCCCCCCCCCC1CCCC1. The lowest BCUT2D eigenvalue weighted by molar-refractivity contribution is 0.460. The van der Waals surface area contributed by atoms with Gasteiger partial charge in [0.15, 0.2) is 0 Å². The molecule has 0 radical (unpaired) electrons. The van der Waals surface area contributed by atoms with Gasteiger partial charge in [-0.25, -0.2) is 0 Å². The third-order valence-corrected chi connectivity index (χ3v) is 5.19. The molecule has 20 heavy (non-hydrogen) atoms. The monoisotopic (exact) mass is 280 g/mol. The Bertz CT molecular complexity index is 167. The van der Waals surface area contributed by atoms with Gasteiger partial charge in [-0.15, -0.1) is 0 Å². The highest BCUT2D eigenvalue weighted by molar-refractivity contribution is 4.66. The van der Waals surface area contributed by atoms with Gasteiger partial charge in [-0.1, -0.05) is 122 Å². The van der Waals surface area contributed by atoms with E-state index in [4.69, 9.17) is 0 Å². The van der Waals surface area contributed by atoms with E-state index < -0.39 is 0 Å². The molecule has 0 aromatic carbocycles. The van der Waals surface area contributed by atoms with Crippen LogP contribution in [0.5, 0.6) is 0 Å². The Morgan fingerprint density at radius 3 is 1.50 bits per heavy atom. The Labute approximate surface area is 129 Å². The van der Waals surface area contributed by atoms with Crippen LogP contribution in [0.25, 0.3) is 0 Å². The lowest BCUT2D eigenvalue weighted by Gasteiger charge is -2.07. The summed E-state index contributed by atoms with van der Waals surface area (Å²) in [5.41, 5.74) is 0. The van der Waals surface area contributed by atoms with Crippen LogP contribution in [0.4, 0.5) is 0 Å². The van der Waals surface area contributed by atoms with Crippen molar-refractivity contribution in [1.82, 2.24) is 0 Å². The second kappa shape index (κ2) is 14.0. The summed E-state index contributed by atoms with van der Waals surface area (Å²) in [6.45, 7) is 2.29. The van der Waals surface area contributed by atoms with Crippen LogP contribution < -0.4 is 0 Å². The molecule has 2 aliphatic carbocycles. The summed E-state index contributed by atoms with van der Waals surface area (Å²) in [6, 6.07) is 0. The van der Waals surface area contributed by atoms with Crippen molar-refractivity contribution in [2.45, 2.75) is 122 Å². The largest absolute Gasteiger partial charge is 0.0654 e. The molecule has 0 heterocycles. The van der Waals surface area contributed by atoms with Gasteiger partial charge in [-0.3, -0.25) is 0 Å². The van der Waals surface area contributed by atoms with Gasteiger partial charge in [0.1, 0.15) is 0 Å². The molecule has 0 atom stereocenters. The fourth-order valence-electron chi connectivity index (χ4n) is 3.75. The highest BCUT2D eigenvalue weighted by Gasteiger charge is 2.13. The van der Waals surface area contributed by atoms with E-state index in [2.05, 4.69) is 6.92 Å². The molecule has 0 amide bonds. The van der Waals surface area contributed by atoms with Crippen molar-refractivity contribution in [3.8, 4) is 0 Å². The Balaban J connectivity index is 0.000000333. The molecule has 120 valence electrons. The fourth-order valence-corrected chi connectivity index (χ4v) is 3.75. The minimum Gasteiger partial charge on any atom is -0.0654 e. The summed E-state index contributed by atoms with van der Waals surface area (Å²) >= 11 is 0. The summed E-state index contributed by atoms with van der Waals surface area (Å²) in [5.74, 6) is 1.12. The zero-order chi connectivity index (χ0) is 14.3. The van der Waals surface area contributed by atoms with Crippen molar-refractivity contribution in [3.63, 3.8) is 0 Å². The summed E-state index contributed by atoms with van der Waals surface area (Å²) in [6.07, 6.45) is 26.9. The van der Waals surface area contributed by atoms with Crippen LogP contribution in [0.2, 0.25) is 0 Å². The predicted molar refractivity (Wildman–Crippen MR) is 92.3 cm³/mol. The number of rotatable bonds is 9. The molecule has 0 saturated heterocycles. The van der Waals surface area contributed by atoms with Crippen LogP contribution in [-0.4, -0.2) is 0 Å². The first-order chi connectivity index (χ1) is 9.93. The minimum atomic E-state index is 1.12. The van der Waals surface area contributed by atoms with Crippen LogP contribution in [0, 0.1) is 5.92 Å². The molecular formula is C20H40. The Kier molecular flexibility index (Phi) is 12.6. The number of hydrogen-bond acceptors (Lipinski definition) is 0. The van der Waals surface area contributed by atoms with Crippen molar-refractivity contribution in [2.75, 3.05) is 0 Å². The summed E-state index contributed by atoms with van der Waals surface area (Å²) < 4.78 is 0. The molecule has 0 spiro atoms. The zero-order valence-electron chi connectivity index (χ0n) is 14.3. The van der Waals surface area contributed by atoms with Gasteiger partial charge in [0.2, 0.25) is 0 Å². The van der Waals surface area contributed by atoms with Crippen molar-refractivity contribution < 1.29 is 0 Å². The highest BCUT2D eigenvalue weighted by atomic mass is 14.2. The average molecular weight is 281 g/mol. The first-order valence-corrected chi connectivity index (χ1v) is 9.93. The van der Waals surface area contributed by atoms with Crippen LogP contribution in [0.1, 0.15) is 122 Å². The molecule has 0 nitrogen and oxygen atoms in total. The molecule has 0 heteroatoms. The second-order valence-corrected chi connectivity index (χ2v) is 7.18. The maximum atomic E-state index is 2.29. The molecular weight excluding hydrogens is 240 g/mol. The number of unbranched alkanes of at least 4 members (excludes halogenated alkanes) is 7. The van der Waals surface area contributed by atoms with Crippen LogP contribution >= 0.6 is 0 Å². The average Bonchev–Trinajstić information content (AvgIpc) is 3.17. The Hall–Kier alpha value is 0. The van der Waals surface area contributed by atoms with E-state index in [-0.39, 0.29) is 0 Å². The smallest absolute Gasteiger partial charge is 0.0414 e. The number of hydrogen-bond donors (Lipinski definition) is 0. The van der Waals surface area contributed by atoms with Crippen LogP contribution in [0.3, 0.4) is 0 Å². The Morgan fingerprint density at radius 1 is 0.550 bits per heavy atom. The molecule has 2 rings (SSSR count). The van der Waals surface area contributed by atoms with E-state index in [0.29, 0.717) is 0 Å². The molecule has 0 unspecified atom stereocenters. The second-order valence-electron chi connectivity index (χ2n) is 7.18. The molecule has 0 aromatic rings. The van der Waals surface area contributed by atoms with Gasteiger partial charge >= 0.3 is 0 Å². The molecule has 2 aliphatic rings. The molecule has 0 N–H and O–H groups in total. The molecule has 0 aromatic heterocycles. The zero-order valence-corrected chi connectivity index (χ0v) is 14.3. The first kappa shape index (κ1) is 18.1. The molecule has 2 fully saturated rings. The standard InChI is InChI=1S/C15H30.C5H10/c1-2-3-4-5-6-7-8-9-12-15-13-10-11-14-15;1-2-4-5-3-1/h15H,2-14H2,1H3;1-5H2. The third-order valence-electron chi connectivity index (χ3n) is 5.19. The normalized spacial score (nSPS) is 19.1. The van der Waals surface area contributed by atoms with Crippen molar-refractivity contribution in [1.29, 1.82) is 0 Å². The lowest BCUT2D eigenvalue weighted by atomic mass is 9.99. The topological polar surface area (TPSA) is 0 Å². The summed E-state index contributed by atoms with van der Waals surface area (Å²) in [4.78, 5) is 0. The van der Waals surface area contributed by atoms with Crippen molar-refractivity contribution in [3.05, 3.63) is 0 Å². The van der Waals surface area contributed by atoms with E-state index in [1.165, 1.54) is 116 Å². The van der Waals surface area contributed by atoms with E-state index in [1.54, 1.807) is 0 Å². The maximum Gasteiger partial charge on any atom is -0.0414 e. The van der Waals surface area contributed by atoms with E-state index in [0.717, 1.165) is 5.92 Å². The molecule has 0 bridgehead atoms. The highest BCUT2D eigenvalue weighted by Crippen LogP contribution is 2.29. The van der Waals surface area contributed by atoms with Crippen LogP contribution in [0.15, 0.2) is 0 Å². The Morgan fingerprint density at radius 2 is 1.00 bits per heavy atom. The molecule has 2 saturated carbocycles. The summed E-state index contributed by atoms with van der Waals surface area (Å²) in [7, 11) is 0. The summed E-state index contributed by atoms with van der Waals surface area (Å²) in [5, 5.41) is 0. The van der Waals surface area contributed by atoms with Crippen LogP contribution in [-0.2, 0) is 0 Å². The minimum absolute atomic E-state index is 1.12. The third kappa shape index (κ3) is 10.7. The van der Waals surface area contributed by atoms with Gasteiger partial charge in [-0.2, -0.15) is 0 Å². The van der Waals surface area contributed by atoms with E-state index in [1.807, 2.05) is 0 Å². The van der Waals surface area contributed by atoms with Crippen molar-refractivity contribution >= 4 is 0 Å². The van der Waals surface area contributed by atoms with Gasteiger partial charge in [-0.05, 0) is 5.92 Å². The first-order valence-electron chi connectivity index (χ1n) is 9.93.